The molecule has 131 heavy (non-hydrogen) atoms. The number of hydrogen-bond acceptors (Lipinski definition) is 18. The van der Waals surface area contributed by atoms with Crippen molar-refractivity contribution in [3.8, 4) is 45.0 Å². The number of nitrogen functional groups attached to an aromatic ring is 2. The molecule has 17 aromatic rings. The Hall–Kier alpha value is -15.7. The van der Waals surface area contributed by atoms with Gasteiger partial charge >= 0.3 is 35.0 Å². The monoisotopic (exact) mass is 1750 g/mol. The van der Waals surface area contributed by atoms with Crippen LogP contribution in [0.25, 0.3) is 100 Å². The number of benzene rings is 12. The number of aliphatic hydroxyl groups excluding tert-OH is 1. The molecular weight excluding hydrogens is 1650 g/mol. The smallest absolute Gasteiger partial charge is 0.335 e. The van der Waals surface area contributed by atoms with Crippen LogP contribution in [0.15, 0.2) is 306 Å². The maximum Gasteiger partial charge on any atom is 0.335 e. The Morgan fingerprint density at radius 1 is 0.321 bits per heavy atom. The van der Waals surface area contributed by atoms with Crippen molar-refractivity contribution in [1.29, 1.82) is 0 Å². The summed E-state index contributed by atoms with van der Waals surface area (Å²) in [6.07, 6.45) is 5.51. The second-order valence-corrected chi connectivity index (χ2v) is 32.6. The SMILES string of the molecule is CCO.Nc1ccc(C(=O)O)cc1N.O=C(C(=O)c1ccc(CN2CCC(n3c(=O)[nH]c4ccccc43)CC2)cc1)c1ccccc1.O=C(O)c1ccc2nc(-c3ccc(CN4CCC(n5c(=O)[nH]c6ccccc65)CC4)cc3)c(-c3ccccc3)nc2c1.O=C(O)c1ccc2nc(-c3ccccc3)c(-c3ccc(CN4CCC(n5c(=O)[nH]c6ccccc65)CC4)cc3)nc2c1. The summed E-state index contributed by atoms with van der Waals surface area (Å²) in [6, 6.07) is 90.6. The second-order valence-electron chi connectivity index (χ2n) is 32.6. The van der Waals surface area contributed by atoms with E-state index in [4.69, 9.17) is 41.6 Å². The number of aromatic amines is 3. The van der Waals surface area contributed by atoms with E-state index in [1.165, 1.54) is 29.3 Å². The number of aromatic carboxylic acids is 3. The number of para-hydroxylation sites is 6. The number of H-pyrrole nitrogens is 3. The lowest BCUT2D eigenvalue weighted by Crippen LogP contribution is -2.36. The summed E-state index contributed by atoms with van der Waals surface area (Å²) in [4.78, 5) is 132. The van der Waals surface area contributed by atoms with Crippen molar-refractivity contribution in [2.45, 2.75) is 83.2 Å². The number of Topliss-reactive ketones (excluding diaryl/α,β-unsaturated/α-hetero) is 2. The third-order valence-corrected chi connectivity index (χ3v) is 24.0. The summed E-state index contributed by atoms with van der Waals surface area (Å²) in [5.74, 6) is -3.96. The molecule has 8 heterocycles. The number of nitrogens with zero attached hydrogens (tertiary/aromatic N) is 10. The van der Waals surface area contributed by atoms with E-state index >= 15 is 0 Å². The van der Waals surface area contributed by atoms with Gasteiger partial charge in [0.2, 0.25) is 11.6 Å². The Morgan fingerprint density at radius 3 is 0.916 bits per heavy atom. The highest BCUT2D eigenvalue weighted by Gasteiger charge is 2.29. The van der Waals surface area contributed by atoms with Crippen molar-refractivity contribution in [1.82, 2.24) is 63.3 Å². The standard InChI is InChI=1S/2C34H29N5O3.C27H25N3O3.C7H8N2O2.C2H6O/c40-33(41)25-14-15-27-29(20-25)36-31(23-6-2-1-3-7-23)32(35-27)24-12-10-22(11-13-24)21-38-18-16-26(17-19-38)39-30-9-5-4-8-28(30)37-34(39)42;40-33(41)25-14-15-27-29(20-25)36-32(31(35-27)23-6-2-1-3-7-23)24-12-10-22(11-13-24)21-38-18-16-26(17-19-38)39-30-9-5-4-8-28(30)37-34(39)42;31-25(20-6-2-1-3-7-20)26(32)21-12-10-19(11-13-21)18-29-16-14-22(15-17-29)30-24-9-5-4-8-23(24)28-27(30)33;8-5-2-1-4(7(10)11)3-6(5)9;1-2-3/h2*1-15,20,26H,16-19,21H2,(H,37,42)(H,40,41);1-13,22H,14-18H2,(H,28,33);1-3H,8-9H2,(H,10,11);3H,2H2,1H3. The molecule has 3 saturated heterocycles. The Balaban J connectivity index is 0.000000134. The molecule has 12 aromatic carbocycles. The zero-order valence-corrected chi connectivity index (χ0v) is 71.9. The number of anilines is 2. The maximum absolute atomic E-state index is 12.7. The minimum atomic E-state index is -1.00. The van der Waals surface area contributed by atoms with Gasteiger partial charge in [-0.15, -0.1) is 0 Å². The number of carbonyl (C=O) groups excluding carboxylic acids is 2. The van der Waals surface area contributed by atoms with Crippen LogP contribution >= 0.6 is 0 Å². The molecule has 0 amide bonds. The molecule has 0 atom stereocenters. The molecule has 0 radical (unpaired) electrons. The highest BCUT2D eigenvalue weighted by atomic mass is 16.4. The fraction of sp³-hybridized carbons (Fsp3) is 0.192. The zero-order chi connectivity index (χ0) is 91.2. The Morgan fingerprint density at radius 2 is 0.588 bits per heavy atom. The quantitative estimate of drug-likeness (QED) is 0.0206. The summed E-state index contributed by atoms with van der Waals surface area (Å²) in [7, 11) is 0. The molecule has 660 valence electrons. The molecule has 20 rings (SSSR count). The molecule has 0 spiro atoms. The van der Waals surface area contributed by atoms with Crippen molar-refractivity contribution >= 4 is 96.0 Å². The molecule has 27 heteroatoms. The highest BCUT2D eigenvalue weighted by Crippen LogP contribution is 2.37. The first-order valence-electron chi connectivity index (χ1n) is 43.6. The third kappa shape index (κ3) is 20.6. The predicted octanol–water partition coefficient (Wildman–Crippen LogP) is 17.1. The minimum Gasteiger partial charge on any atom is -0.478 e. The van der Waals surface area contributed by atoms with E-state index in [0.717, 1.165) is 170 Å². The number of carbonyl (C=O) groups is 5. The number of likely N-dealkylation sites (tertiary alicyclic amines) is 3. The predicted molar refractivity (Wildman–Crippen MR) is 510 cm³/mol. The van der Waals surface area contributed by atoms with E-state index < -0.39 is 29.5 Å². The van der Waals surface area contributed by atoms with Crippen LogP contribution in [0.2, 0.25) is 0 Å². The largest absolute Gasteiger partial charge is 0.478 e. The molecule has 3 fully saturated rings. The number of carboxylic acids is 3. The molecule has 3 aliphatic heterocycles. The molecule has 5 aromatic heterocycles. The summed E-state index contributed by atoms with van der Waals surface area (Å²) < 4.78 is 5.76. The molecular formula is C104H97N15O12. The van der Waals surface area contributed by atoms with E-state index in [2.05, 4.69) is 78.2 Å². The number of imidazole rings is 3. The maximum atomic E-state index is 12.7. The lowest BCUT2D eigenvalue weighted by molar-refractivity contribution is 0.0686. The lowest BCUT2D eigenvalue weighted by atomic mass is 10.00. The highest BCUT2D eigenvalue weighted by molar-refractivity contribution is 6.49. The lowest BCUT2D eigenvalue weighted by Gasteiger charge is -2.32. The van der Waals surface area contributed by atoms with Gasteiger partial charge in [-0.05, 0) is 153 Å². The van der Waals surface area contributed by atoms with Gasteiger partial charge in [0.05, 0.1) is 106 Å². The molecule has 0 saturated carbocycles. The van der Waals surface area contributed by atoms with Crippen molar-refractivity contribution in [2.75, 3.05) is 57.3 Å². The number of fused-ring (bicyclic) bond motifs is 5. The van der Waals surface area contributed by atoms with Crippen LogP contribution in [-0.4, -0.2) is 159 Å². The van der Waals surface area contributed by atoms with Gasteiger partial charge < -0.3 is 46.8 Å². The van der Waals surface area contributed by atoms with Crippen LogP contribution in [0, 0.1) is 0 Å². The fourth-order valence-corrected chi connectivity index (χ4v) is 17.3. The van der Waals surface area contributed by atoms with Gasteiger partial charge in [-0.25, -0.2) is 48.7 Å². The zero-order valence-electron chi connectivity index (χ0n) is 71.9. The van der Waals surface area contributed by atoms with E-state index in [1.54, 1.807) is 79.7 Å². The van der Waals surface area contributed by atoms with Gasteiger partial charge in [0.1, 0.15) is 0 Å². The Kier molecular flexibility index (Phi) is 27.5. The number of aliphatic hydroxyl groups is 1. The average Bonchev–Trinajstić information content (AvgIpc) is 1.13. The summed E-state index contributed by atoms with van der Waals surface area (Å²) >= 11 is 0. The van der Waals surface area contributed by atoms with Crippen LogP contribution in [0.4, 0.5) is 11.4 Å². The van der Waals surface area contributed by atoms with Crippen LogP contribution in [0.5, 0.6) is 0 Å². The molecule has 3 aliphatic rings. The summed E-state index contributed by atoms with van der Waals surface area (Å²) in [5, 5.41) is 35.0. The van der Waals surface area contributed by atoms with E-state index in [0.29, 0.717) is 56.0 Å². The first kappa shape index (κ1) is 88.7. The number of aromatic nitrogens is 10. The molecule has 0 bridgehead atoms. The van der Waals surface area contributed by atoms with Gasteiger partial charge in [-0.3, -0.25) is 38.0 Å². The van der Waals surface area contributed by atoms with Crippen LogP contribution in [0.1, 0.15) is 132 Å². The Bertz CT molecular complexity index is 7170. The first-order chi connectivity index (χ1) is 63.7. The molecule has 11 N–H and O–H groups in total. The van der Waals surface area contributed by atoms with Crippen LogP contribution in [-0.2, 0) is 19.6 Å². The number of piperidine rings is 3. The fourth-order valence-electron chi connectivity index (χ4n) is 17.3. The minimum absolute atomic E-state index is 0.0285. The summed E-state index contributed by atoms with van der Waals surface area (Å²) in [6.45, 7) is 9.83. The number of ketones is 2. The van der Waals surface area contributed by atoms with E-state index in [9.17, 15) is 48.6 Å². The van der Waals surface area contributed by atoms with Gasteiger partial charge in [0, 0.05) is 117 Å². The van der Waals surface area contributed by atoms with E-state index in [-0.39, 0.29) is 58.5 Å². The number of rotatable bonds is 19. The number of nitrogens with one attached hydrogen (secondary N) is 3. The van der Waals surface area contributed by atoms with Gasteiger partial charge in [-0.2, -0.15) is 0 Å². The van der Waals surface area contributed by atoms with Gasteiger partial charge in [0.25, 0.3) is 0 Å². The van der Waals surface area contributed by atoms with Crippen molar-refractivity contribution in [3.63, 3.8) is 0 Å². The van der Waals surface area contributed by atoms with Crippen LogP contribution < -0.4 is 28.5 Å². The normalized spacial score (nSPS) is 14.0. The first-order valence-corrected chi connectivity index (χ1v) is 43.6. The van der Waals surface area contributed by atoms with Gasteiger partial charge in [0.15, 0.2) is 0 Å². The van der Waals surface area contributed by atoms with Crippen molar-refractivity contribution in [3.05, 3.63) is 367 Å². The van der Waals surface area contributed by atoms with Crippen molar-refractivity contribution in [2.24, 2.45) is 0 Å². The average molecular weight is 1750 g/mol. The molecule has 27 nitrogen and oxygen atoms in total. The topological polar surface area (TPSA) is 393 Å². The second kappa shape index (κ2) is 40.5. The number of nitrogens with two attached hydrogens (primary N) is 2. The van der Waals surface area contributed by atoms with Crippen molar-refractivity contribution < 1.29 is 44.4 Å². The molecule has 0 unspecified atom stereocenters. The van der Waals surface area contributed by atoms with E-state index in [1.807, 2.05) is 165 Å². The number of carboxylic acid groups (broad SMARTS) is 3. The Labute approximate surface area is 752 Å². The van der Waals surface area contributed by atoms with Gasteiger partial charge in [-0.1, -0.05) is 200 Å². The third-order valence-electron chi connectivity index (χ3n) is 24.0. The molecule has 0 aliphatic carbocycles. The summed E-state index contributed by atoms with van der Waals surface area (Å²) in [5.41, 5.74) is 30.8. The van der Waals surface area contributed by atoms with Crippen LogP contribution in [0.3, 0.4) is 0 Å². The number of hydrogen-bond donors (Lipinski definition) is 9.